The average Bonchev–Trinajstić information content (AvgIpc) is 2.91. The van der Waals surface area contributed by atoms with Crippen LogP contribution in [-0.2, 0) is 0 Å². The van der Waals surface area contributed by atoms with Crippen molar-refractivity contribution < 1.29 is 0 Å². The summed E-state index contributed by atoms with van der Waals surface area (Å²) in [6.07, 6.45) is 4.17. The van der Waals surface area contributed by atoms with Gasteiger partial charge in [0.05, 0.1) is 0 Å². The van der Waals surface area contributed by atoms with Crippen LogP contribution in [0.1, 0.15) is 33.1 Å². The number of rotatable bonds is 6. The molecule has 2 atom stereocenters. The van der Waals surface area contributed by atoms with E-state index in [1.807, 2.05) is 0 Å². The molecule has 2 aliphatic heterocycles. The summed E-state index contributed by atoms with van der Waals surface area (Å²) in [4.78, 5) is 5.29. The summed E-state index contributed by atoms with van der Waals surface area (Å²) in [5.41, 5.74) is 0. The zero-order valence-corrected chi connectivity index (χ0v) is 11.6. The van der Waals surface area contributed by atoms with E-state index in [-0.39, 0.29) is 0 Å². The van der Waals surface area contributed by atoms with Crippen LogP contribution in [0.3, 0.4) is 0 Å². The molecule has 0 saturated carbocycles. The van der Waals surface area contributed by atoms with Crippen molar-refractivity contribution in [1.82, 2.24) is 15.1 Å². The van der Waals surface area contributed by atoms with E-state index in [0.29, 0.717) is 0 Å². The first-order valence-corrected chi connectivity index (χ1v) is 7.46. The topological polar surface area (TPSA) is 18.5 Å². The molecule has 2 rings (SSSR count). The van der Waals surface area contributed by atoms with Gasteiger partial charge in [-0.2, -0.15) is 0 Å². The highest BCUT2D eigenvalue weighted by Gasteiger charge is 2.23. The first kappa shape index (κ1) is 13.3. The fourth-order valence-corrected chi connectivity index (χ4v) is 3.36. The van der Waals surface area contributed by atoms with Gasteiger partial charge in [-0.25, -0.2) is 0 Å². The van der Waals surface area contributed by atoms with Gasteiger partial charge in [-0.15, -0.1) is 0 Å². The Morgan fingerprint density at radius 3 is 2.53 bits per heavy atom. The number of likely N-dealkylation sites (N-methyl/N-ethyl adjacent to an activating group) is 1. The second kappa shape index (κ2) is 6.72. The van der Waals surface area contributed by atoms with Gasteiger partial charge in [0.1, 0.15) is 0 Å². The zero-order chi connectivity index (χ0) is 12.1. The maximum absolute atomic E-state index is 3.57. The van der Waals surface area contributed by atoms with Crippen LogP contribution >= 0.6 is 0 Å². The first-order chi connectivity index (χ1) is 8.28. The van der Waals surface area contributed by atoms with Gasteiger partial charge in [-0.05, 0) is 51.4 Å². The van der Waals surface area contributed by atoms with Crippen LogP contribution in [0.15, 0.2) is 0 Å². The van der Waals surface area contributed by atoms with Crippen molar-refractivity contribution in [3.63, 3.8) is 0 Å². The van der Waals surface area contributed by atoms with Gasteiger partial charge < -0.3 is 15.1 Å². The van der Waals surface area contributed by atoms with E-state index in [4.69, 9.17) is 0 Å². The van der Waals surface area contributed by atoms with Crippen LogP contribution in [0, 0.1) is 5.92 Å². The van der Waals surface area contributed by atoms with E-state index in [2.05, 4.69) is 29.0 Å². The highest BCUT2D eigenvalue weighted by atomic mass is 15.2. The molecule has 0 aromatic carbocycles. The maximum Gasteiger partial charge on any atom is 0.0207 e. The minimum Gasteiger partial charge on any atom is -0.313 e. The third kappa shape index (κ3) is 4.23. The molecule has 0 aromatic rings. The Hall–Kier alpha value is -0.120. The van der Waals surface area contributed by atoms with E-state index in [1.54, 1.807) is 0 Å². The molecule has 2 aliphatic rings. The third-order valence-corrected chi connectivity index (χ3v) is 4.10. The number of nitrogens with one attached hydrogen (secondary N) is 1. The number of hydrogen-bond acceptors (Lipinski definition) is 3. The van der Waals surface area contributed by atoms with Crippen molar-refractivity contribution in [3.8, 4) is 0 Å². The van der Waals surface area contributed by atoms with Crippen LogP contribution in [0.25, 0.3) is 0 Å². The third-order valence-electron chi connectivity index (χ3n) is 4.10. The Bertz CT molecular complexity index is 214. The van der Waals surface area contributed by atoms with Crippen molar-refractivity contribution in [3.05, 3.63) is 0 Å². The second-order valence-electron chi connectivity index (χ2n) is 5.92. The summed E-state index contributed by atoms with van der Waals surface area (Å²) in [5.74, 6) is 0.827. The molecule has 0 bridgehead atoms. The number of nitrogens with zero attached hydrogens (tertiary/aromatic N) is 2. The van der Waals surface area contributed by atoms with Gasteiger partial charge in [0.15, 0.2) is 0 Å². The van der Waals surface area contributed by atoms with Crippen molar-refractivity contribution >= 4 is 0 Å². The van der Waals surface area contributed by atoms with Crippen molar-refractivity contribution in [1.29, 1.82) is 0 Å². The van der Waals surface area contributed by atoms with Gasteiger partial charge in [-0.1, -0.05) is 13.8 Å². The fourth-order valence-electron chi connectivity index (χ4n) is 3.36. The van der Waals surface area contributed by atoms with Crippen LogP contribution < -0.4 is 5.32 Å². The molecule has 0 aliphatic carbocycles. The molecule has 0 aromatic heterocycles. The summed E-state index contributed by atoms with van der Waals surface area (Å²) in [5, 5.41) is 3.57. The molecular formula is C14H29N3. The minimum absolute atomic E-state index is 0.749. The Morgan fingerprint density at radius 2 is 1.82 bits per heavy atom. The van der Waals surface area contributed by atoms with E-state index < -0.39 is 0 Å². The highest BCUT2D eigenvalue weighted by Crippen LogP contribution is 2.14. The van der Waals surface area contributed by atoms with Crippen molar-refractivity contribution in [2.24, 2.45) is 5.92 Å². The van der Waals surface area contributed by atoms with Crippen molar-refractivity contribution in [2.75, 3.05) is 45.8 Å². The first-order valence-electron chi connectivity index (χ1n) is 7.46. The highest BCUT2D eigenvalue weighted by molar-refractivity contribution is 4.82. The molecule has 1 N–H and O–H groups in total. The standard InChI is InChI=1S/C14H29N3/c1-3-15-14-6-9-17(12-14)11-13(2)10-16-7-4-5-8-16/h13-15H,3-12H2,1-2H3. The lowest BCUT2D eigenvalue weighted by atomic mass is 10.1. The van der Waals surface area contributed by atoms with Crippen molar-refractivity contribution in [2.45, 2.75) is 39.2 Å². The van der Waals surface area contributed by atoms with Crippen LogP contribution in [0.5, 0.6) is 0 Å². The van der Waals surface area contributed by atoms with Gasteiger partial charge >= 0.3 is 0 Å². The normalized spacial score (nSPS) is 28.9. The van der Waals surface area contributed by atoms with E-state index >= 15 is 0 Å². The molecule has 17 heavy (non-hydrogen) atoms. The van der Waals surface area contributed by atoms with Crippen LogP contribution in [0.4, 0.5) is 0 Å². The molecule has 2 fully saturated rings. The lowest BCUT2D eigenvalue weighted by Gasteiger charge is -2.25. The smallest absolute Gasteiger partial charge is 0.0207 e. The Morgan fingerprint density at radius 1 is 1.12 bits per heavy atom. The van der Waals surface area contributed by atoms with Gasteiger partial charge in [0.2, 0.25) is 0 Å². The largest absolute Gasteiger partial charge is 0.313 e. The van der Waals surface area contributed by atoms with E-state index in [1.165, 1.54) is 58.5 Å². The van der Waals surface area contributed by atoms with E-state index in [9.17, 15) is 0 Å². The molecular weight excluding hydrogens is 210 g/mol. The molecule has 3 heteroatoms. The monoisotopic (exact) mass is 239 g/mol. The predicted octanol–water partition coefficient (Wildman–Crippen LogP) is 1.40. The lowest BCUT2D eigenvalue weighted by molar-refractivity contribution is 0.223. The number of hydrogen-bond donors (Lipinski definition) is 1. The summed E-state index contributed by atoms with van der Waals surface area (Å²) < 4.78 is 0. The fraction of sp³-hybridized carbons (Fsp3) is 1.00. The Balaban J connectivity index is 1.63. The Kier molecular flexibility index (Phi) is 5.26. The minimum atomic E-state index is 0.749. The molecule has 2 unspecified atom stereocenters. The van der Waals surface area contributed by atoms with Crippen LogP contribution in [-0.4, -0.2) is 61.7 Å². The Labute approximate surface area is 107 Å². The molecule has 3 nitrogen and oxygen atoms in total. The molecule has 0 amide bonds. The van der Waals surface area contributed by atoms with Gasteiger partial charge in [-0.3, -0.25) is 0 Å². The number of likely N-dealkylation sites (tertiary alicyclic amines) is 2. The maximum atomic E-state index is 3.57. The predicted molar refractivity (Wildman–Crippen MR) is 73.4 cm³/mol. The average molecular weight is 239 g/mol. The summed E-state index contributed by atoms with van der Waals surface area (Å²) in [6, 6.07) is 0.749. The summed E-state index contributed by atoms with van der Waals surface area (Å²) >= 11 is 0. The quantitative estimate of drug-likeness (QED) is 0.756. The molecule has 100 valence electrons. The molecule has 2 saturated heterocycles. The molecule has 0 spiro atoms. The van der Waals surface area contributed by atoms with Gasteiger partial charge in [0, 0.05) is 25.7 Å². The second-order valence-corrected chi connectivity index (χ2v) is 5.92. The lowest BCUT2D eigenvalue weighted by Crippen LogP contribution is -2.36. The molecule has 0 radical (unpaired) electrons. The van der Waals surface area contributed by atoms with E-state index in [0.717, 1.165) is 18.5 Å². The molecule has 2 heterocycles. The zero-order valence-electron chi connectivity index (χ0n) is 11.6. The summed E-state index contributed by atoms with van der Waals surface area (Å²) in [7, 11) is 0. The van der Waals surface area contributed by atoms with Crippen LogP contribution in [0.2, 0.25) is 0 Å². The van der Waals surface area contributed by atoms with Gasteiger partial charge in [0.25, 0.3) is 0 Å². The summed E-state index contributed by atoms with van der Waals surface area (Å²) in [6.45, 7) is 13.6. The SMILES string of the molecule is CCNC1CCN(CC(C)CN2CCCC2)C1.